The first-order chi connectivity index (χ1) is 11.6. The number of carbonyl (C=O) groups is 2. The number of benzene rings is 2. The first-order valence-electron chi connectivity index (χ1n) is 8.24. The largest absolute Gasteiger partial charge is 0.478 e. The Morgan fingerprint density at radius 1 is 1.00 bits per heavy atom. The number of rotatable bonds is 8. The first-order valence-corrected chi connectivity index (χ1v) is 8.24. The summed E-state index contributed by atoms with van der Waals surface area (Å²) in [6, 6.07) is 17.0. The smallest absolute Gasteiger partial charge is 0.335 e. The van der Waals surface area contributed by atoms with E-state index in [1.807, 2.05) is 36.1 Å². The zero-order chi connectivity index (χ0) is 17.4. The first kappa shape index (κ1) is 17.7. The molecule has 4 nitrogen and oxygen atoms in total. The van der Waals surface area contributed by atoms with Gasteiger partial charge in [0.05, 0.1) is 5.56 Å². The Kier molecular flexibility index (Phi) is 6.55. The number of aromatic carboxylic acids is 1. The Morgan fingerprint density at radius 2 is 1.71 bits per heavy atom. The molecule has 2 rings (SSSR count). The summed E-state index contributed by atoms with van der Waals surface area (Å²) in [5.74, 6) is -0.863. The third kappa shape index (κ3) is 5.23. The van der Waals surface area contributed by atoms with Gasteiger partial charge >= 0.3 is 5.97 Å². The van der Waals surface area contributed by atoms with Gasteiger partial charge in [-0.3, -0.25) is 4.79 Å². The van der Waals surface area contributed by atoms with E-state index in [1.165, 1.54) is 5.56 Å². The summed E-state index contributed by atoms with van der Waals surface area (Å²) in [7, 11) is 0. The second-order valence-electron chi connectivity index (χ2n) is 5.76. The van der Waals surface area contributed by atoms with E-state index in [1.54, 1.807) is 18.2 Å². The van der Waals surface area contributed by atoms with Crippen LogP contribution in [-0.4, -0.2) is 28.4 Å². The van der Waals surface area contributed by atoms with Crippen LogP contribution in [0.4, 0.5) is 0 Å². The monoisotopic (exact) mass is 325 g/mol. The van der Waals surface area contributed by atoms with E-state index < -0.39 is 5.97 Å². The molecule has 0 saturated heterocycles. The highest BCUT2D eigenvalue weighted by molar-refractivity contribution is 5.87. The molecule has 0 aromatic heterocycles. The summed E-state index contributed by atoms with van der Waals surface area (Å²) in [6.45, 7) is 2.96. The van der Waals surface area contributed by atoms with Crippen LogP contribution in [0.5, 0.6) is 0 Å². The van der Waals surface area contributed by atoms with Gasteiger partial charge in [0, 0.05) is 19.5 Å². The summed E-state index contributed by atoms with van der Waals surface area (Å²) < 4.78 is 0. The van der Waals surface area contributed by atoms with Gasteiger partial charge in [-0.05, 0) is 36.1 Å². The lowest BCUT2D eigenvalue weighted by atomic mass is 10.1. The van der Waals surface area contributed by atoms with Gasteiger partial charge in [-0.25, -0.2) is 4.79 Å². The lowest BCUT2D eigenvalue weighted by molar-refractivity contribution is -0.131. The number of hydrogen-bond acceptors (Lipinski definition) is 2. The van der Waals surface area contributed by atoms with Gasteiger partial charge in [-0.1, -0.05) is 49.4 Å². The Morgan fingerprint density at radius 3 is 2.38 bits per heavy atom. The third-order valence-electron chi connectivity index (χ3n) is 3.94. The molecule has 0 aliphatic heterocycles. The summed E-state index contributed by atoms with van der Waals surface area (Å²) in [5, 5.41) is 9.09. The molecule has 126 valence electrons. The Hall–Kier alpha value is -2.62. The van der Waals surface area contributed by atoms with Crippen LogP contribution in [0, 0.1) is 0 Å². The molecule has 2 aromatic carbocycles. The number of hydrogen-bond donors (Lipinski definition) is 1. The molecule has 1 N–H and O–H groups in total. The molecule has 0 heterocycles. The minimum absolute atomic E-state index is 0.0868. The molecule has 0 fully saturated rings. The van der Waals surface area contributed by atoms with Crippen LogP contribution in [0.2, 0.25) is 0 Å². The highest BCUT2D eigenvalue weighted by Crippen LogP contribution is 2.11. The molecule has 24 heavy (non-hydrogen) atoms. The van der Waals surface area contributed by atoms with Crippen molar-refractivity contribution in [3.8, 4) is 0 Å². The molecule has 0 saturated carbocycles. The Bertz CT molecular complexity index is 682. The number of nitrogens with zero attached hydrogens (tertiary/aromatic N) is 1. The molecule has 0 aliphatic carbocycles. The molecule has 1 amide bonds. The van der Waals surface area contributed by atoms with Crippen molar-refractivity contribution < 1.29 is 14.7 Å². The van der Waals surface area contributed by atoms with Crippen molar-refractivity contribution in [2.75, 3.05) is 6.54 Å². The fraction of sp³-hybridized carbons (Fsp3) is 0.300. The normalized spacial score (nSPS) is 10.4. The SMILES string of the molecule is CCC(=O)N(CCCc1ccccc1)Cc1cccc(C(=O)O)c1. The van der Waals surface area contributed by atoms with Gasteiger partial charge in [0.25, 0.3) is 0 Å². The average Bonchev–Trinajstić information content (AvgIpc) is 2.61. The fourth-order valence-corrected chi connectivity index (χ4v) is 2.66. The van der Waals surface area contributed by atoms with Crippen LogP contribution in [0.15, 0.2) is 54.6 Å². The van der Waals surface area contributed by atoms with Crippen molar-refractivity contribution in [2.45, 2.75) is 32.7 Å². The van der Waals surface area contributed by atoms with Crippen molar-refractivity contribution in [1.29, 1.82) is 0 Å². The van der Waals surface area contributed by atoms with E-state index in [9.17, 15) is 9.59 Å². The van der Waals surface area contributed by atoms with Crippen molar-refractivity contribution in [1.82, 2.24) is 4.90 Å². The topological polar surface area (TPSA) is 57.6 Å². The van der Waals surface area contributed by atoms with Gasteiger partial charge in [0.2, 0.25) is 5.91 Å². The molecule has 0 spiro atoms. The summed E-state index contributed by atoms with van der Waals surface area (Å²) in [5.41, 5.74) is 2.35. The van der Waals surface area contributed by atoms with Crippen LogP contribution in [0.25, 0.3) is 0 Å². The molecular weight excluding hydrogens is 302 g/mol. The van der Waals surface area contributed by atoms with E-state index in [4.69, 9.17) is 5.11 Å². The van der Waals surface area contributed by atoms with Gasteiger partial charge < -0.3 is 10.0 Å². The number of aryl methyl sites for hydroxylation is 1. The lowest BCUT2D eigenvalue weighted by Crippen LogP contribution is -2.31. The van der Waals surface area contributed by atoms with Crippen LogP contribution < -0.4 is 0 Å². The summed E-state index contributed by atoms with van der Waals surface area (Å²) >= 11 is 0. The Balaban J connectivity index is 1.99. The Labute approximate surface area is 142 Å². The molecule has 0 radical (unpaired) electrons. The van der Waals surface area contributed by atoms with Crippen LogP contribution in [-0.2, 0) is 17.8 Å². The van der Waals surface area contributed by atoms with Gasteiger partial charge in [0.15, 0.2) is 0 Å². The van der Waals surface area contributed by atoms with Gasteiger partial charge in [0.1, 0.15) is 0 Å². The minimum atomic E-state index is -0.950. The maximum atomic E-state index is 12.2. The van der Waals surface area contributed by atoms with Crippen LogP contribution in [0.3, 0.4) is 0 Å². The van der Waals surface area contributed by atoms with Crippen molar-refractivity contribution in [3.63, 3.8) is 0 Å². The number of carboxylic acid groups (broad SMARTS) is 1. The second kappa shape index (κ2) is 8.87. The van der Waals surface area contributed by atoms with E-state index in [-0.39, 0.29) is 11.5 Å². The molecule has 0 atom stereocenters. The third-order valence-corrected chi connectivity index (χ3v) is 3.94. The zero-order valence-electron chi connectivity index (χ0n) is 13.9. The standard InChI is InChI=1S/C20H23NO3/c1-2-19(22)21(13-7-11-16-8-4-3-5-9-16)15-17-10-6-12-18(14-17)20(23)24/h3-6,8-10,12,14H,2,7,11,13,15H2,1H3,(H,23,24). The van der Waals surface area contributed by atoms with Crippen molar-refractivity contribution >= 4 is 11.9 Å². The number of amides is 1. The maximum absolute atomic E-state index is 12.2. The van der Waals surface area contributed by atoms with E-state index in [2.05, 4.69) is 12.1 Å². The second-order valence-corrected chi connectivity index (χ2v) is 5.76. The summed E-state index contributed by atoms with van der Waals surface area (Å²) in [4.78, 5) is 25.1. The maximum Gasteiger partial charge on any atom is 0.335 e. The molecule has 0 bridgehead atoms. The predicted octanol–water partition coefficient (Wildman–Crippen LogP) is 3.76. The average molecular weight is 325 g/mol. The molecule has 0 unspecified atom stereocenters. The van der Waals surface area contributed by atoms with E-state index in [0.29, 0.717) is 19.5 Å². The van der Waals surface area contributed by atoms with Crippen LogP contribution >= 0.6 is 0 Å². The van der Waals surface area contributed by atoms with Crippen molar-refractivity contribution in [3.05, 3.63) is 71.3 Å². The highest BCUT2D eigenvalue weighted by atomic mass is 16.4. The molecule has 2 aromatic rings. The quantitative estimate of drug-likeness (QED) is 0.804. The van der Waals surface area contributed by atoms with Gasteiger partial charge in [-0.15, -0.1) is 0 Å². The number of carboxylic acids is 1. The van der Waals surface area contributed by atoms with Crippen molar-refractivity contribution in [2.24, 2.45) is 0 Å². The molecular formula is C20H23NO3. The molecule has 4 heteroatoms. The number of carbonyl (C=O) groups excluding carboxylic acids is 1. The van der Waals surface area contributed by atoms with Crippen LogP contribution in [0.1, 0.15) is 41.3 Å². The molecule has 0 aliphatic rings. The summed E-state index contributed by atoms with van der Waals surface area (Å²) in [6.07, 6.45) is 2.25. The highest BCUT2D eigenvalue weighted by Gasteiger charge is 2.13. The zero-order valence-corrected chi connectivity index (χ0v) is 13.9. The fourth-order valence-electron chi connectivity index (χ4n) is 2.66. The minimum Gasteiger partial charge on any atom is -0.478 e. The van der Waals surface area contributed by atoms with E-state index >= 15 is 0 Å². The van der Waals surface area contributed by atoms with E-state index in [0.717, 1.165) is 18.4 Å². The lowest BCUT2D eigenvalue weighted by Gasteiger charge is -2.22. The van der Waals surface area contributed by atoms with Gasteiger partial charge in [-0.2, -0.15) is 0 Å². The predicted molar refractivity (Wildman–Crippen MR) is 93.9 cm³/mol.